The van der Waals surface area contributed by atoms with E-state index in [1.807, 2.05) is 23.1 Å². The van der Waals surface area contributed by atoms with Crippen molar-refractivity contribution in [2.45, 2.75) is 19.4 Å². The molecule has 3 rings (SSSR count). The summed E-state index contributed by atoms with van der Waals surface area (Å²) in [6.07, 6.45) is 1.51. The van der Waals surface area contributed by atoms with Gasteiger partial charge < -0.3 is 15.0 Å². The Balaban J connectivity index is 1.55. The summed E-state index contributed by atoms with van der Waals surface area (Å²) in [5.41, 5.74) is 1.63. The summed E-state index contributed by atoms with van der Waals surface area (Å²) in [6, 6.07) is 12.3. The van der Waals surface area contributed by atoms with Crippen LogP contribution in [0.4, 0.5) is 5.69 Å². The number of hydrogen-bond acceptors (Lipinski definition) is 3. The third-order valence-corrected chi connectivity index (χ3v) is 4.54. The molecular formula is C19H18Cl2N2O3. The molecule has 0 bridgehead atoms. The third kappa shape index (κ3) is 4.90. The first-order valence-electron chi connectivity index (χ1n) is 8.26. The Morgan fingerprint density at radius 1 is 1.19 bits per heavy atom. The van der Waals surface area contributed by atoms with Crippen LogP contribution in [0.15, 0.2) is 42.5 Å². The largest absolute Gasteiger partial charge is 0.482 e. The molecule has 5 nitrogen and oxygen atoms in total. The standard InChI is InChI=1S/C19H18Cl2N2O3/c20-14-6-7-17(16(21)10-14)26-12-18(24)22-15-4-1-3-13(9-15)11-23-8-2-5-19(23)25/h1,3-4,6-7,9-10H,2,5,8,11-12H2,(H,22,24). The van der Waals surface area contributed by atoms with E-state index in [-0.39, 0.29) is 18.4 Å². The maximum absolute atomic E-state index is 12.1. The molecule has 7 heteroatoms. The predicted octanol–water partition coefficient (Wildman–Crippen LogP) is 4.13. The van der Waals surface area contributed by atoms with Crippen LogP contribution in [0.5, 0.6) is 5.75 Å². The second-order valence-electron chi connectivity index (χ2n) is 6.03. The van der Waals surface area contributed by atoms with Crippen molar-refractivity contribution in [2.24, 2.45) is 0 Å². The lowest BCUT2D eigenvalue weighted by Gasteiger charge is -2.16. The average Bonchev–Trinajstić information content (AvgIpc) is 2.99. The number of anilines is 1. The van der Waals surface area contributed by atoms with Gasteiger partial charge in [0, 0.05) is 30.2 Å². The molecule has 1 heterocycles. The highest BCUT2D eigenvalue weighted by Crippen LogP contribution is 2.27. The highest BCUT2D eigenvalue weighted by Gasteiger charge is 2.20. The lowest BCUT2D eigenvalue weighted by atomic mass is 10.2. The van der Waals surface area contributed by atoms with E-state index in [1.54, 1.807) is 24.3 Å². The number of rotatable bonds is 6. The molecule has 1 fully saturated rings. The van der Waals surface area contributed by atoms with E-state index in [0.29, 0.717) is 34.4 Å². The van der Waals surface area contributed by atoms with Gasteiger partial charge in [0.05, 0.1) is 5.02 Å². The van der Waals surface area contributed by atoms with Crippen LogP contribution in [0.2, 0.25) is 10.0 Å². The van der Waals surface area contributed by atoms with Gasteiger partial charge in [-0.2, -0.15) is 0 Å². The summed E-state index contributed by atoms with van der Waals surface area (Å²) in [7, 11) is 0. The average molecular weight is 393 g/mol. The summed E-state index contributed by atoms with van der Waals surface area (Å²) in [5, 5.41) is 3.63. The van der Waals surface area contributed by atoms with E-state index >= 15 is 0 Å². The Bertz CT molecular complexity index is 826. The van der Waals surface area contributed by atoms with Gasteiger partial charge in [-0.15, -0.1) is 0 Å². The van der Waals surface area contributed by atoms with Crippen molar-refractivity contribution in [1.82, 2.24) is 4.90 Å². The van der Waals surface area contributed by atoms with Crippen molar-refractivity contribution in [1.29, 1.82) is 0 Å². The van der Waals surface area contributed by atoms with Crippen LogP contribution in [-0.4, -0.2) is 29.9 Å². The number of nitrogens with zero attached hydrogens (tertiary/aromatic N) is 1. The van der Waals surface area contributed by atoms with Crippen molar-refractivity contribution in [2.75, 3.05) is 18.5 Å². The van der Waals surface area contributed by atoms with Gasteiger partial charge in [0.2, 0.25) is 5.91 Å². The van der Waals surface area contributed by atoms with Crippen LogP contribution in [0.1, 0.15) is 18.4 Å². The Labute approximate surface area is 161 Å². The molecule has 1 aliphatic heterocycles. The summed E-state index contributed by atoms with van der Waals surface area (Å²) in [6.45, 7) is 1.17. The first-order valence-corrected chi connectivity index (χ1v) is 9.01. The third-order valence-electron chi connectivity index (χ3n) is 4.01. The fourth-order valence-electron chi connectivity index (χ4n) is 2.77. The topological polar surface area (TPSA) is 58.6 Å². The van der Waals surface area contributed by atoms with E-state index in [9.17, 15) is 9.59 Å². The lowest BCUT2D eigenvalue weighted by molar-refractivity contribution is -0.128. The van der Waals surface area contributed by atoms with Crippen molar-refractivity contribution < 1.29 is 14.3 Å². The molecule has 2 amide bonds. The number of carbonyl (C=O) groups is 2. The van der Waals surface area contributed by atoms with Gasteiger partial charge in [-0.1, -0.05) is 35.3 Å². The quantitative estimate of drug-likeness (QED) is 0.803. The Morgan fingerprint density at radius 3 is 2.77 bits per heavy atom. The van der Waals surface area contributed by atoms with Crippen LogP contribution in [-0.2, 0) is 16.1 Å². The smallest absolute Gasteiger partial charge is 0.262 e. The fraction of sp³-hybridized carbons (Fsp3) is 0.263. The van der Waals surface area contributed by atoms with Crippen LogP contribution in [0.25, 0.3) is 0 Å². The molecule has 1 saturated heterocycles. The van der Waals surface area contributed by atoms with Crippen molar-refractivity contribution in [3.63, 3.8) is 0 Å². The number of likely N-dealkylation sites (tertiary alicyclic amines) is 1. The number of halogens is 2. The molecule has 1 aliphatic rings. The normalized spacial score (nSPS) is 13.8. The number of carbonyl (C=O) groups excluding carboxylic acids is 2. The SMILES string of the molecule is O=C(COc1ccc(Cl)cc1Cl)Nc1cccc(CN2CCCC2=O)c1. The number of ether oxygens (including phenoxy) is 1. The van der Waals surface area contributed by atoms with E-state index in [0.717, 1.165) is 18.5 Å². The summed E-state index contributed by atoms with van der Waals surface area (Å²) in [5.74, 6) is 0.269. The molecule has 0 saturated carbocycles. The molecule has 0 spiro atoms. The van der Waals surface area contributed by atoms with E-state index in [4.69, 9.17) is 27.9 Å². The monoisotopic (exact) mass is 392 g/mol. The predicted molar refractivity (Wildman–Crippen MR) is 102 cm³/mol. The molecule has 2 aromatic carbocycles. The van der Waals surface area contributed by atoms with Crippen molar-refractivity contribution in [3.8, 4) is 5.75 Å². The van der Waals surface area contributed by atoms with Crippen LogP contribution in [0, 0.1) is 0 Å². The number of hydrogen-bond donors (Lipinski definition) is 1. The zero-order valence-electron chi connectivity index (χ0n) is 14.0. The first kappa shape index (κ1) is 18.5. The lowest BCUT2D eigenvalue weighted by Crippen LogP contribution is -2.24. The number of nitrogens with one attached hydrogen (secondary N) is 1. The first-order chi connectivity index (χ1) is 12.5. The molecule has 0 atom stereocenters. The van der Waals surface area contributed by atoms with Gasteiger partial charge in [-0.05, 0) is 42.3 Å². The molecule has 0 aromatic heterocycles. The Kier molecular flexibility index (Phi) is 6.01. The molecule has 26 heavy (non-hydrogen) atoms. The second-order valence-corrected chi connectivity index (χ2v) is 6.87. The second kappa shape index (κ2) is 8.43. The summed E-state index contributed by atoms with van der Waals surface area (Å²) >= 11 is 11.8. The Morgan fingerprint density at radius 2 is 2.04 bits per heavy atom. The molecular weight excluding hydrogens is 375 g/mol. The van der Waals surface area contributed by atoms with Crippen molar-refractivity contribution in [3.05, 3.63) is 58.1 Å². The minimum atomic E-state index is -0.301. The van der Waals surface area contributed by atoms with Gasteiger partial charge in [0.15, 0.2) is 6.61 Å². The van der Waals surface area contributed by atoms with Gasteiger partial charge in [0.25, 0.3) is 5.91 Å². The maximum Gasteiger partial charge on any atom is 0.262 e. The van der Waals surface area contributed by atoms with Gasteiger partial charge >= 0.3 is 0 Å². The van der Waals surface area contributed by atoms with E-state index in [1.165, 1.54) is 0 Å². The minimum absolute atomic E-state index is 0.170. The highest BCUT2D eigenvalue weighted by molar-refractivity contribution is 6.35. The van der Waals surface area contributed by atoms with Crippen molar-refractivity contribution >= 4 is 40.7 Å². The van der Waals surface area contributed by atoms with Crippen LogP contribution >= 0.6 is 23.2 Å². The van der Waals surface area contributed by atoms with Crippen LogP contribution < -0.4 is 10.1 Å². The molecule has 0 aliphatic carbocycles. The van der Waals surface area contributed by atoms with Crippen LogP contribution in [0.3, 0.4) is 0 Å². The Hall–Kier alpha value is -2.24. The number of amides is 2. The summed E-state index contributed by atoms with van der Waals surface area (Å²) < 4.78 is 5.42. The molecule has 0 unspecified atom stereocenters. The number of benzene rings is 2. The van der Waals surface area contributed by atoms with E-state index in [2.05, 4.69) is 5.32 Å². The fourth-order valence-corrected chi connectivity index (χ4v) is 3.23. The highest BCUT2D eigenvalue weighted by atomic mass is 35.5. The summed E-state index contributed by atoms with van der Waals surface area (Å²) in [4.78, 5) is 25.7. The zero-order valence-corrected chi connectivity index (χ0v) is 15.5. The molecule has 1 N–H and O–H groups in total. The molecule has 0 radical (unpaired) electrons. The van der Waals surface area contributed by atoms with Gasteiger partial charge in [0.1, 0.15) is 5.75 Å². The molecule has 136 valence electrons. The zero-order chi connectivity index (χ0) is 18.5. The molecule has 2 aromatic rings. The van der Waals surface area contributed by atoms with Gasteiger partial charge in [-0.25, -0.2) is 0 Å². The van der Waals surface area contributed by atoms with E-state index < -0.39 is 0 Å². The maximum atomic E-state index is 12.1. The van der Waals surface area contributed by atoms with Gasteiger partial charge in [-0.3, -0.25) is 9.59 Å². The minimum Gasteiger partial charge on any atom is -0.482 e.